The zero-order valence-corrected chi connectivity index (χ0v) is 18.5. The molecule has 1 aliphatic rings. The first kappa shape index (κ1) is 22.6. The maximum absolute atomic E-state index is 12.8. The van der Waals surface area contributed by atoms with E-state index in [4.69, 9.17) is 13.9 Å². The Balaban J connectivity index is 3.15. The molecule has 26 heavy (non-hydrogen) atoms. The van der Waals surface area contributed by atoms with Gasteiger partial charge in [-0.3, -0.25) is 9.59 Å². The summed E-state index contributed by atoms with van der Waals surface area (Å²) in [5, 5.41) is -0.113. The minimum absolute atomic E-state index is 0.0867. The van der Waals surface area contributed by atoms with Gasteiger partial charge in [-0.05, 0) is 45.8 Å². The van der Waals surface area contributed by atoms with Crippen molar-refractivity contribution in [2.75, 3.05) is 6.61 Å². The van der Waals surface area contributed by atoms with E-state index in [1.54, 1.807) is 27.7 Å². The van der Waals surface area contributed by atoms with Crippen LogP contribution in [0.3, 0.4) is 0 Å². The summed E-state index contributed by atoms with van der Waals surface area (Å²) in [6.45, 7) is 17.3. The topological polar surface area (TPSA) is 82.1 Å². The third-order valence-corrected chi connectivity index (χ3v) is 9.13. The van der Waals surface area contributed by atoms with Crippen LogP contribution in [0.4, 0.5) is 4.79 Å². The summed E-state index contributed by atoms with van der Waals surface area (Å²) in [6.07, 6.45) is -1.53. The number of likely N-dealkylation sites (tertiary alicyclic amines) is 1. The van der Waals surface area contributed by atoms with Crippen LogP contribution >= 0.6 is 0 Å². The number of rotatable bonds is 4. The average Bonchev–Trinajstić information content (AvgIpc) is 2.71. The number of amides is 2. The number of carbonyl (C=O) groups is 3. The quantitative estimate of drug-likeness (QED) is 0.416. The molecule has 0 aliphatic carbocycles. The van der Waals surface area contributed by atoms with Gasteiger partial charge in [0.2, 0.25) is 5.91 Å². The van der Waals surface area contributed by atoms with Crippen LogP contribution in [0.15, 0.2) is 0 Å². The molecule has 1 heterocycles. The maximum Gasteiger partial charge on any atom is 0.419 e. The summed E-state index contributed by atoms with van der Waals surface area (Å²) in [5.74, 6) is -2.30. The van der Waals surface area contributed by atoms with Crippen molar-refractivity contribution in [2.45, 2.75) is 84.8 Å². The first-order valence-corrected chi connectivity index (χ1v) is 11.9. The highest BCUT2D eigenvalue weighted by molar-refractivity contribution is 6.74. The summed E-state index contributed by atoms with van der Waals surface area (Å²) in [6, 6.07) is 0. The summed E-state index contributed by atoms with van der Waals surface area (Å²) in [7, 11) is -2.28. The second-order valence-corrected chi connectivity index (χ2v) is 13.8. The van der Waals surface area contributed by atoms with Crippen LogP contribution in [-0.2, 0) is 23.5 Å². The van der Waals surface area contributed by atoms with Crippen LogP contribution in [0, 0.1) is 5.92 Å². The average molecular weight is 388 g/mol. The fraction of sp³-hybridized carbons (Fsp3) is 0.833. The molecule has 0 N–H and O–H groups in total. The minimum atomic E-state index is -2.28. The number of ether oxygens (including phenoxy) is 2. The predicted octanol–water partition coefficient (Wildman–Crippen LogP) is 3.68. The summed E-state index contributed by atoms with van der Waals surface area (Å²) in [4.78, 5) is 38.5. The lowest BCUT2D eigenvalue weighted by atomic mass is 10.1. The largest absolute Gasteiger partial charge is 0.465 e. The Labute approximate surface area is 157 Å². The molecule has 0 unspecified atom stereocenters. The van der Waals surface area contributed by atoms with Crippen molar-refractivity contribution in [1.29, 1.82) is 0 Å². The van der Waals surface area contributed by atoms with Crippen LogP contribution in [-0.4, -0.2) is 49.6 Å². The van der Waals surface area contributed by atoms with Gasteiger partial charge in [-0.2, -0.15) is 0 Å². The molecule has 1 saturated heterocycles. The van der Waals surface area contributed by atoms with Crippen LogP contribution in [0.1, 0.15) is 54.9 Å². The second kappa shape index (κ2) is 7.68. The number of nitrogens with zero attached hydrogens (tertiary/aromatic N) is 1. The highest BCUT2D eigenvalue weighted by Crippen LogP contribution is 2.40. The van der Waals surface area contributed by atoms with Crippen LogP contribution in [0.25, 0.3) is 0 Å². The molecule has 7 nitrogen and oxygen atoms in total. The van der Waals surface area contributed by atoms with Gasteiger partial charge in [0.05, 0.1) is 6.61 Å². The molecule has 0 bridgehead atoms. The van der Waals surface area contributed by atoms with E-state index in [-0.39, 0.29) is 18.1 Å². The molecule has 0 aromatic rings. The van der Waals surface area contributed by atoms with Crippen molar-refractivity contribution in [3.05, 3.63) is 0 Å². The fourth-order valence-electron chi connectivity index (χ4n) is 2.29. The van der Waals surface area contributed by atoms with Gasteiger partial charge in [-0.1, -0.05) is 20.8 Å². The van der Waals surface area contributed by atoms with E-state index in [2.05, 4.69) is 20.8 Å². The van der Waals surface area contributed by atoms with Crippen molar-refractivity contribution in [1.82, 2.24) is 4.90 Å². The number of hydrogen-bond acceptors (Lipinski definition) is 6. The minimum Gasteiger partial charge on any atom is -0.465 e. The number of hydrogen-bond donors (Lipinski definition) is 0. The Morgan fingerprint density at radius 2 is 1.69 bits per heavy atom. The normalized spacial score (nSPS) is 21.7. The molecular weight excluding hydrogens is 354 g/mol. The summed E-state index contributed by atoms with van der Waals surface area (Å²) >= 11 is 0. The Bertz CT molecular complexity index is 561. The summed E-state index contributed by atoms with van der Waals surface area (Å²) in [5.41, 5.74) is -0.763. The molecule has 1 rings (SSSR count). The van der Waals surface area contributed by atoms with Gasteiger partial charge in [0.15, 0.2) is 8.32 Å². The molecule has 0 aromatic carbocycles. The fourth-order valence-corrected chi connectivity index (χ4v) is 3.53. The van der Waals surface area contributed by atoms with Gasteiger partial charge < -0.3 is 13.9 Å². The zero-order chi connectivity index (χ0) is 20.5. The first-order valence-electron chi connectivity index (χ1n) is 9.01. The van der Waals surface area contributed by atoms with Gasteiger partial charge in [0.25, 0.3) is 0 Å². The highest BCUT2D eigenvalue weighted by atomic mass is 28.4. The van der Waals surface area contributed by atoms with Gasteiger partial charge in [-0.15, -0.1) is 0 Å². The lowest BCUT2D eigenvalue weighted by Gasteiger charge is -2.40. The van der Waals surface area contributed by atoms with Crippen LogP contribution < -0.4 is 0 Å². The smallest absolute Gasteiger partial charge is 0.419 e. The van der Waals surface area contributed by atoms with Crippen molar-refractivity contribution in [3.63, 3.8) is 0 Å². The van der Waals surface area contributed by atoms with Gasteiger partial charge in [0.1, 0.15) is 17.7 Å². The Hall–Kier alpha value is -1.41. The van der Waals surface area contributed by atoms with Gasteiger partial charge >= 0.3 is 12.1 Å². The summed E-state index contributed by atoms with van der Waals surface area (Å²) < 4.78 is 16.6. The third kappa shape index (κ3) is 5.29. The molecule has 0 spiro atoms. The van der Waals surface area contributed by atoms with Crippen molar-refractivity contribution in [3.8, 4) is 0 Å². The van der Waals surface area contributed by atoms with Crippen LogP contribution in [0.5, 0.6) is 0 Å². The lowest BCUT2D eigenvalue weighted by Crippen LogP contribution is -2.50. The van der Waals surface area contributed by atoms with Crippen molar-refractivity contribution in [2.24, 2.45) is 5.92 Å². The molecule has 1 fully saturated rings. The molecule has 8 heteroatoms. The van der Waals surface area contributed by atoms with E-state index in [0.717, 1.165) is 4.90 Å². The lowest BCUT2D eigenvalue weighted by molar-refractivity contribution is -0.152. The van der Waals surface area contributed by atoms with E-state index in [1.807, 2.05) is 13.1 Å². The van der Waals surface area contributed by atoms with E-state index in [0.29, 0.717) is 0 Å². The van der Waals surface area contributed by atoms with Crippen LogP contribution in [0.2, 0.25) is 18.1 Å². The van der Waals surface area contributed by atoms with Crippen molar-refractivity contribution >= 4 is 26.3 Å². The monoisotopic (exact) mass is 387 g/mol. The first-order chi connectivity index (χ1) is 11.6. The molecule has 1 aliphatic heterocycles. The predicted molar refractivity (Wildman–Crippen MR) is 99.9 cm³/mol. The van der Waals surface area contributed by atoms with Gasteiger partial charge in [-0.25, -0.2) is 9.69 Å². The molecule has 0 radical (unpaired) electrons. The Morgan fingerprint density at radius 1 is 1.15 bits per heavy atom. The van der Waals surface area contributed by atoms with E-state index in [9.17, 15) is 14.4 Å². The number of carbonyl (C=O) groups excluding carboxylic acids is 3. The Kier molecular flexibility index (Phi) is 6.68. The second-order valence-electron chi connectivity index (χ2n) is 9.06. The Morgan fingerprint density at radius 3 is 2.12 bits per heavy atom. The number of imide groups is 1. The molecular formula is C18H33NO6Si. The van der Waals surface area contributed by atoms with Crippen molar-refractivity contribution < 1.29 is 28.3 Å². The zero-order valence-electron chi connectivity index (χ0n) is 17.5. The molecule has 0 aromatic heterocycles. The molecule has 2 amide bonds. The number of esters is 1. The SMILES string of the molecule is CCOC(=O)[C@@H]1C[C@@H](O[Si](C)(C)C(C)(C)C)N(C(=O)OC(C)(C)C)C1=O. The molecule has 150 valence electrons. The molecule has 2 atom stereocenters. The molecule has 0 saturated carbocycles. The highest BCUT2D eigenvalue weighted by Gasteiger charge is 2.52. The van der Waals surface area contributed by atoms with E-state index < -0.39 is 44.0 Å². The van der Waals surface area contributed by atoms with E-state index >= 15 is 0 Å². The third-order valence-electron chi connectivity index (χ3n) is 4.66. The van der Waals surface area contributed by atoms with E-state index in [1.165, 1.54) is 0 Å². The maximum atomic E-state index is 12.8. The standard InChI is InChI=1S/C18H33NO6Si/c1-10-23-15(21)12-11-13(25-26(8,9)18(5,6)7)19(14(12)20)16(22)24-17(2,3)4/h12-13H,10-11H2,1-9H3/t12-,13-/m1/s1. The van der Waals surface area contributed by atoms with Gasteiger partial charge in [0, 0.05) is 6.42 Å².